The normalized spacial score (nSPS) is 21.2. The molecule has 1 aliphatic carbocycles. The molecule has 28 heavy (non-hydrogen) atoms. The Morgan fingerprint density at radius 2 is 2.32 bits per heavy atom. The standard InChI is InChI=1S/C17H18FN5O5/c18-10-2-1-9-5-13(12(9)6-10)19-16(20-26)15-17(22-28-21-15)27-8-14(25)23-4-3-11(24)7-23/h1-2,6,11,13,24,26H,3-5,7-8H2,(H,19,20)/t11-,13-/m0/s1. The maximum absolute atomic E-state index is 13.4. The van der Waals surface area contributed by atoms with E-state index in [4.69, 9.17) is 4.74 Å². The first-order valence-corrected chi connectivity index (χ1v) is 8.73. The molecule has 10 nitrogen and oxygen atoms in total. The fourth-order valence-electron chi connectivity index (χ4n) is 3.32. The summed E-state index contributed by atoms with van der Waals surface area (Å²) < 4.78 is 23.4. The summed E-state index contributed by atoms with van der Waals surface area (Å²) in [5.74, 6) is -0.859. The van der Waals surface area contributed by atoms with Crippen LogP contribution in [0.1, 0.15) is 29.3 Å². The second-order valence-electron chi connectivity index (χ2n) is 6.68. The number of nitrogens with zero attached hydrogens (tertiary/aromatic N) is 4. The molecular weight excluding hydrogens is 373 g/mol. The van der Waals surface area contributed by atoms with E-state index in [1.807, 2.05) is 0 Å². The number of oxime groups is 1. The molecule has 2 aromatic rings. The molecule has 0 saturated carbocycles. The van der Waals surface area contributed by atoms with Gasteiger partial charge in [0, 0.05) is 13.1 Å². The molecule has 11 heteroatoms. The van der Waals surface area contributed by atoms with Gasteiger partial charge in [0.25, 0.3) is 11.8 Å². The molecule has 1 aromatic carbocycles. The lowest BCUT2D eigenvalue weighted by atomic mass is 9.83. The highest BCUT2D eigenvalue weighted by Crippen LogP contribution is 2.34. The van der Waals surface area contributed by atoms with Crippen LogP contribution in [0.25, 0.3) is 0 Å². The van der Waals surface area contributed by atoms with E-state index in [-0.39, 0.29) is 48.3 Å². The van der Waals surface area contributed by atoms with Gasteiger partial charge in [-0.05, 0) is 46.4 Å². The number of benzene rings is 1. The Labute approximate surface area is 158 Å². The van der Waals surface area contributed by atoms with Crippen molar-refractivity contribution in [1.29, 1.82) is 0 Å². The summed E-state index contributed by atoms with van der Waals surface area (Å²) in [5, 5.41) is 32.2. The summed E-state index contributed by atoms with van der Waals surface area (Å²) in [7, 11) is 0. The van der Waals surface area contributed by atoms with Crippen molar-refractivity contribution in [2.75, 3.05) is 19.7 Å². The Kier molecular flexibility index (Phi) is 4.82. The third-order valence-corrected chi connectivity index (χ3v) is 4.85. The summed E-state index contributed by atoms with van der Waals surface area (Å²) in [6.45, 7) is 0.384. The third-order valence-electron chi connectivity index (χ3n) is 4.85. The number of hydrogen-bond acceptors (Lipinski definition) is 8. The van der Waals surface area contributed by atoms with Crippen molar-refractivity contribution in [2.45, 2.75) is 25.0 Å². The minimum absolute atomic E-state index is 0.0124. The van der Waals surface area contributed by atoms with Gasteiger partial charge in [-0.25, -0.2) is 9.02 Å². The number of amides is 1. The van der Waals surface area contributed by atoms with Crippen molar-refractivity contribution in [3.05, 3.63) is 40.8 Å². The Balaban J connectivity index is 1.40. The monoisotopic (exact) mass is 391 g/mol. The van der Waals surface area contributed by atoms with Crippen LogP contribution in [0.5, 0.6) is 5.88 Å². The van der Waals surface area contributed by atoms with Crippen LogP contribution in [0.2, 0.25) is 0 Å². The number of halogens is 1. The smallest absolute Gasteiger partial charge is 0.287 e. The summed E-state index contributed by atoms with van der Waals surface area (Å²) >= 11 is 0. The van der Waals surface area contributed by atoms with Gasteiger partial charge < -0.3 is 25.3 Å². The maximum Gasteiger partial charge on any atom is 0.287 e. The van der Waals surface area contributed by atoms with Crippen molar-refractivity contribution < 1.29 is 28.9 Å². The highest BCUT2D eigenvalue weighted by molar-refractivity contribution is 5.98. The number of amidine groups is 1. The maximum atomic E-state index is 13.4. The van der Waals surface area contributed by atoms with Gasteiger partial charge in [0.15, 0.2) is 6.61 Å². The minimum atomic E-state index is -0.527. The molecule has 1 fully saturated rings. The molecule has 1 aliphatic heterocycles. The average molecular weight is 391 g/mol. The molecule has 2 heterocycles. The Bertz CT molecular complexity index is 917. The molecule has 1 aromatic heterocycles. The van der Waals surface area contributed by atoms with Gasteiger partial charge in [0.05, 0.1) is 12.1 Å². The molecular formula is C17H18FN5O5. The highest BCUT2D eigenvalue weighted by Gasteiger charge is 2.31. The number of carbonyl (C=O) groups excluding carboxylic acids is 1. The lowest BCUT2D eigenvalue weighted by Crippen LogP contribution is -2.37. The number of aliphatic hydroxyl groups is 1. The SMILES string of the molecule is O=C(COc1nonc1/C(=N/O)N[C@H]1Cc2ccc(F)cc21)N1CC[C@H](O)C1. The van der Waals surface area contributed by atoms with Crippen molar-refractivity contribution in [1.82, 2.24) is 20.5 Å². The van der Waals surface area contributed by atoms with Crippen LogP contribution in [0.15, 0.2) is 28.0 Å². The quantitative estimate of drug-likeness (QED) is 0.285. The largest absolute Gasteiger partial charge is 0.464 e. The third kappa shape index (κ3) is 3.48. The number of likely N-dealkylation sites (tertiary alicyclic amines) is 1. The van der Waals surface area contributed by atoms with Crippen LogP contribution in [0, 0.1) is 5.82 Å². The van der Waals surface area contributed by atoms with E-state index in [0.29, 0.717) is 19.4 Å². The predicted molar refractivity (Wildman–Crippen MR) is 91.3 cm³/mol. The van der Waals surface area contributed by atoms with Gasteiger partial charge in [-0.3, -0.25) is 4.79 Å². The zero-order chi connectivity index (χ0) is 19.7. The van der Waals surface area contributed by atoms with Crippen LogP contribution < -0.4 is 10.1 Å². The van der Waals surface area contributed by atoms with Crippen molar-refractivity contribution in [3.63, 3.8) is 0 Å². The minimum Gasteiger partial charge on any atom is -0.464 e. The lowest BCUT2D eigenvalue weighted by Gasteiger charge is -2.31. The van der Waals surface area contributed by atoms with Crippen LogP contribution in [-0.4, -0.2) is 63.1 Å². The molecule has 0 unspecified atom stereocenters. The Hall–Kier alpha value is -3.21. The van der Waals surface area contributed by atoms with E-state index in [2.05, 4.69) is 25.4 Å². The lowest BCUT2D eigenvalue weighted by molar-refractivity contribution is -0.132. The predicted octanol–water partition coefficient (Wildman–Crippen LogP) is 0.203. The Morgan fingerprint density at radius 3 is 3.07 bits per heavy atom. The van der Waals surface area contributed by atoms with Gasteiger partial charge in [-0.2, -0.15) is 0 Å². The first-order valence-electron chi connectivity index (χ1n) is 8.73. The Morgan fingerprint density at radius 1 is 1.46 bits per heavy atom. The summed E-state index contributed by atoms with van der Waals surface area (Å²) in [5.41, 5.74) is 1.73. The summed E-state index contributed by atoms with van der Waals surface area (Å²) in [4.78, 5) is 13.6. The van der Waals surface area contributed by atoms with Crippen molar-refractivity contribution in [2.24, 2.45) is 5.16 Å². The molecule has 148 valence electrons. The zero-order valence-electron chi connectivity index (χ0n) is 14.7. The van der Waals surface area contributed by atoms with Crippen molar-refractivity contribution in [3.8, 4) is 5.88 Å². The molecule has 2 atom stereocenters. The number of nitrogens with one attached hydrogen (secondary N) is 1. The fraction of sp³-hybridized carbons (Fsp3) is 0.412. The van der Waals surface area contributed by atoms with Crippen LogP contribution >= 0.6 is 0 Å². The zero-order valence-corrected chi connectivity index (χ0v) is 14.7. The molecule has 1 amide bonds. The molecule has 4 rings (SSSR count). The van der Waals surface area contributed by atoms with Gasteiger partial charge in [-0.1, -0.05) is 11.2 Å². The van der Waals surface area contributed by atoms with Gasteiger partial charge in [0.1, 0.15) is 5.82 Å². The van der Waals surface area contributed by atoms with E-state index in [1.54, 1.807) is 6.07 Å². The number of rotatable bonds is 5. The second-order valence-corrected chi connectivity index (χ2v) is 6.68. The topological polar surface area (TPSA) is 133 Å². The molecule has 0 bridgehead atoms. The molecule has 1 saturated heterocycles. The number of aromatic nitrogens is 2. The molecule has 3 N–H and O–H groups in total. The van der Waals surface area contributed by atoms with E-state index >= 15 is 0 Å². The first-order chi connectivity index (χ1) is 13.5. The van der Waals surface area contributed by atoms with Gasteiger partial charge in [-0.15, -0.1) is 0 Å². The highest BCUT2D eigenvalue weighted by atomic mass is 19.1. The number of aliphatic hydroxyl groups excluding tert-OH is 1. The van der Waals surface area contributed by atoms with Crippen LogP contribution in [0.3, 0.4) is 0 Å². The number of hydrogen-bond donors (Lipinski definition) is 3. The second kappa shape index (κ2) is 7.43. The van der Waals surface area contributed by atoms with E-state index < -0.39 is 6.10 Å². The molecule has 0 radical (unpaired) electrons. The number of fused-ring (bicyclic) bond motifs is 1. The summed E-state index contributed by atoms with van der Waals surface area (Å²) in [6.07, 6.45) is 0.615. The number of ether oxygens (including phenoxy) is 1. The van der Waals surface area contributed by atoms with Crippen molar-refractivity contribution >= 4 is 11.7 Å². The summed E-state index contributed by atoms with van der Waals surface area (Å²) in [6, 6.07) is 4.23. The van der Waals surface area contributed by atoms with Gasteiger partial charge in [0.2, 0.25) is 11.5 Å². The molecule has 0 spiro atoms. The van der Waals surface area contributed by atoms with Gasteiger partial charge >= 0.3 is 0 Å². The van der Waals surface area contributed by atoms with E-state index in [0.717, 1.165) is 11.1 Å². The fourth-order valence-corrected chi connectivity index (χ4v) is 3.32. The van der Waals surface area contributed by atoms with E-state index in [9.17, 15) is 19.5 Å². The number of β-amino-alcohol motifs (C(OH)–C–C–N with tert-alkyl or cyclic N) is 1. The van der Waals surface area contributed by atoms with E-state index in [1.165, 1.54) is 17.0 Å². The first kappa shape index (κ1) is 18.2. The number of carbonyl (C=O) groups is 1. The van der Waals surface area contributed by atoms with Crippen LogP contribution in [-0.2, 0) is 11.2 Å². The van der Waals surface area contributed by atoms with Crippen LogP contribution in [0.4, 0.5) is 4.39 Å². The molecule has 2 aliphatic rings. The average Bonchev–Trinajstić information content (AvgIpc) is 3.31.